The Balaban J connectivity index is 2.97. The number of carboxylic acid groups (broad SMARTS) is 1. The maximum atomic E-state index is 13.2. The van der Waals surface area contributed by atoms with Gasteiger partial charge in [0.25, 0.3) is 0 Å². The highest BCUT2D eigenvalue weighted by Crippen LogP contribution is 2.08. The predicted molar refractivity (Wildman–Crippen MR) is 139 cm³/mol. The van der Waals surface area contributed by atoms with Crippen molar-refractivity contribution in [3.8, 4) is 0 Å². The first kappa shape index (κ1) is 32.0. The summed E-state index contributed by atoms with van der Waals surface area (Å²) < 4.78 is 0. The average molecular weight is 525 g/mol. The Morgan fingerprint density at radius 1 is 0.892 bits per heavy atom. The van der Waals surface area contributed by atoms with Crippen LogP contribution in [0.2, 0.25) is 0 Å². The van der Waals surface area contributed by atoms with Gasteiger partial charge >= 0.3 is 5.97 Å². The van der Waals surface area contributed by atoms with Gasteiger partial charge in [0.05, 0.1) is 12.4 Å². The normalized spacial score (nSPS) is 14.4. The van der Waals surface area contributed by atoms with Crippen LogP contribution in [-0.2, 0) is 25.6 Å². The summed E-state index contributed by atoms with van der Waals surface area (Å²) in [7, 11) is 0. The number of H-pyrrole nitrogens is 1. The lowest BCUT2D eigenvalue weighted by atomic mass is 10.0. The zero-order valence-corrected chi connectivity index (χ0v) is 21.9. The number of amides is 3. The first-order valence-electron chi connectivity index (χ1n) is 12.9. The van der Waals surface area contributed by atoms with Gasteiger partial charge in [-0.15, -0.1) is 0 Å². The lowest BCUT2D eigenvalue weighted by molar-refractivity contribution is -0.142. The molecule has 3 amide bonds. The number of nitrogens with one attached hydrogen (secondary N) is 4. The van der Waals surface area contributed by atoms with Crippen LogP contribution in [-0.4, -0.2) is 76.0 Å². The summed E-state index contributed by atoms with van der Waals surface area (Å²) in [6.45, 7) is 4.73. The minimum atomic E-state index is -1.23. The fourth-order valence-corrected chi connectivity index (χ4v) is 3.78. The van der Waals surface area contributed by atoms with Gasteiger partial charge in [0.2, 0.25) is 17.7 Å². The lowest BCUT2D eigenvalue weighted by Crippen LogP contribution is -2.57. The van der Waals surface area contributed by atoms with E-state index in [0.717, 1.165) is 0 Å². The molecule has 0 aliphatic heterocycles. The Labute approximate surface area is 218 Å². The molecule has 4 unspecified atom stereocenters. The third-order valence-corrected chi connectivity index (χ3v) is 5.82. The molecule has 13 nitrogen and oxygen atoms in total. The van der Waals surface area contributed by atoms with Crippen LogP contribution in [0.15, 0.2) is 12.5 Å². The zero-order chi connectivity index (χ0) is 27.8. The van der Waals surface area contributed by atoms with E-state index in [-0.39, 0.29) is 18.8 Å². The number of hydrogen-bond donors (Lipinski definition) is 8. The molecule has 0 fully saturated rings. The SMILES string of the molecule is CC(C)CC(N)C(=O)NC(CCCCN)C(=O)NC(CCCCN)C(=O)NC(Cc1cnc[nH]1)C(=O)O. The van der Waals surface area contributed by atoms with Gasteiger partial charge < -0.3 is 43.2 Å². The smallest absolute Gasteiger partial charge is 0.326 e. The Hall–Kier alpha value is -3.03. The number of aromatic amines is 1. The molecular weight excluding hydrogens is 480 g/mol. The summed E-state index contributed by atoms with van der Waals surface area (Å²) in [5.74, 6) is -2.65. The van der Waals surface area contributed by atoms with Crippen molar-refractivity contribution in [2.45, 2.75) is 89.4 Å². The number of carboxylic acids is 1. The van der Waals surface area contributed by atoms with Gasteiger partial charge in [-0.1, -0.05) is 13.8 Å². The fourth-order valence-electron chi connectivity index (χ4n) is 3.78. The Bertz CT molecular complexity index is 833. The number of aromatic nitrogens is 2. The van der Waals surface area contributed by atoms with Gasteiger partial charge in [-0.05, 0) is 64.0 Å². The number of rotatable bonds is 19. The van der Waals surface area contributed by atoms with Crippen LogP contribution in [0.1, 0.15) is 64.5 Å². The van der Waals surface area contributed by atoms with E-state index in [9.17, 15) is 24.3 Å². The van der Waals surface area contributed by atoms with E-state index in [1.165, 1.54) is 12.5 Å². The second-order valence-electron chi connectivity index (χ2n) is 9.61. The number of hydrogen-bond acceptors (Lipinski definition) is 8. The molecule has 0 aromatic carbocycles. The third kappa shape index (κ3) is 12.7. The molecule has 11 N–H and O–H groups in total. The van der Waals surface area contributed by atoms with Crippen molar-refractivity contribution in [3.63, 3.8) is 0 Å². The van der Waals surface area contributed by atoms with Crippen molar-refractivity contribution >= 4 is 23.7 Å². The summed E-state index contributed by atoms with van der Waals surface area (Å²) >= 11 is 0. The van der Waals surface area contributed by atoms with Gasteiger partial charge in [0.15, 0.2) is 0 Å². The second-order valence-corrected chi connectivity index (χ2v) is 9.61. The van der Waals surface area contributed by atoms with E-state index in [0.29, 0.717) is 57.3 Å². The molecule has 0 bridgehead atoms. The van der Waals surface area contributed by atoms with Crippen molar-refractivity contribution in [3.05, 3.63) is 18.2 Å². The molecule has 210 valence electrons. The van der Waals surface area contributed by atoms with Crippen LogP contribution in [0.5, 0.6) is 0 Å². The fraction of sp³-hybridized carbons (Fsp3) is 0.708. The molecule has 37 heavy (non-hydrogen) atoms. The summed E-state index contributed by atoms with van der Waals surface area (Å²) in [6.07, 6.45) is 6.32. The van der Waals surface area contributed by atoms with E-state index in [4.69, 9.17) is 17.2 Å². The number of imidazole rings is 1. The highest BCUT2D eigenvalue weighted by molar-refractivity contribution is 5.94. The number of nitrogens with zero attached hydrogens (tertiary/aromatic N) is 1. The van der Waals surface area contributed by atoms with E-state index in [1.54, 1.807) is 0 Å². The molecule has 1 heterocycles. The molecule has 1 rings (SSSR count). The van der Waals surface area contributed by atoms with Gasteiger partial charge in [-0.3, -0.25) is 14.4 Å². The second kappa shape index (κ2) is 17.4. The molecule has 0 saturated carbocycles. The topological polar surface area (TPSA) is 231 Å². The van der Waals surface area contributed by atoms with Crippen LogP contribution in [0, 0.1) is 5.92 Å². The molecular formula is C24H44N8O5. The summed E-state index contributed by atoms with van der Waals surface area (Å²) in [5.41, 5.74) is 17.7. The number of nitrogens with two attached hydrogens (primary N) is 3. The van der Waals surface area contributed by atoms with Gasteiger partial charge in [-0.25, -0.2) is 9.78 Å². The first-order chi connectivity index (χ1) is 17.6. The largest absolute Gasteiger partial charge is 0.480 e. The third-order valence-electron chi connectivity index (χ3n) is 5.82. The van der Waals surface area contributed by atoms with Crippen molar-refractivity contribution < 1.29 is 24.3 Å². The van der Waals surface area contributed by atoms with E-state index >= 15 is 0 Å². The van der Waals surface area contributed by atoms with Crippen LogP contribution in [0.3, 0.4) is 0 Å². The lowest BCUT2D eigenvalue weighted by Gasteiger charge is -2.25. The quantitative estimate of drug-likeness (QED) is 0.105. The summed E-state index contributed by atoms with van der Waals surface area (Å²) in [4.78, 5) is 57.3. The molecule has 0 saturated heterocycles. The van der Waals surface area contributed by atoms with Crippen LogP contribution in [0.4, 0.5) is 0 Å². The maximum Gasteiger partial charge on any atom is 0.326 e. The van der Waals surface area contributed by atoms with Crippen LogP contribution in [0.25, 0.3) is 0 Å². The standard InChI is InChI=1S/C24H44N8O5/c1-15(2)11-17(27)21(33)30-18(7-3-5-9-25)22(34)31-19(8-4-6-10-26)23(35)32-20(24(36)37)12-16-13-28-14-29-16/h13-15,17-20H,3-12,25-27H2,1-2H3,(H,28,29)(H,30,33)(H,31,34)(H,32,35)(H,36,37). The highest BCUT2D eigenvalue weighted by Gasteiger charge is 2.30. The predicted octanol–water partition coefficient (Wildman–Crippen LogP) is -0.877. The Morgan fingerprint density at radius 2 is 1.41 bits per heavy atom. The molecule has 4 atom stereocenters. The molecule has 1 aromatic heterocycles. The van der Waals surface area contributed by atoms with Gasteiger partial charge in [0.1, 0.15) is 18.1 Å². The van der Waals surface area contributed by atoms with E-state index < -0.39 is 47.9 Å². The van der Waals surface area contributed by atoms with Crippen molar-refractivity contribution in [2.75, 3.05) is 13.1 Å². The van der Waals surface area contributed by atoms with Gasteiger partial charge in [0, 0.05) is 18.3 Å². The average Bonchev–Trinajstić information content (AvgIpc) is 3.35. The molecule has 0 spiro atoms. The van der Waals surface area contributed by atoms with Crippen molar-refractivity contribution in [1.29, 1.82) is 0 Å². The highest BCUT2D eigenvalue weighted by atomic mass is 16.4. The van der Waals surface area contributed by atoms with Gasteiger partial charge in [-0.2, -0.15) is 0 Å². The monoisotopic (exact) mass is 524 g/mol. The molecule has 0 radical (unpaired) electrons. The Morgan fingerprint density at radius 3 is 1.84 bits per heavy atom. The van der Waals surface area contributed by atoms with Crippen molar-refractivity contribution in [1.82, 2.24) is 25.9 Å². The van der Waals surface area contributed by atoms with E-state index in [1.807, 2.05) is 13.8 Å². The summed E-state index contributed by atoms with van der Waals surface area (Å²) in [5, 5.41) is 17.5. The molecule has 1 aromatic rings. The number of unbranched alkanes of at least 4 members (excludes halogenated alkanes) is 2. The van der Waals surface area contributed by atoms with Crippen molar-refractivity contribution in [2.24, 2.45) is 23.1 Å². The number of carbonyl (C=O) groups excluding carboxylic acids is 3. The van der Waals surface area contributed by atoms with E-state index in [2.05, 4.69) is 25.9 Å². The first-order valence-corrected chi connectivity index (χ1v) is 12.9. The molecule has 0 aliphatic carbocycles. The van der Waals surface area contributed by atoms with Crippen LogP contribution < -0.4 is 33.2 Å². The molecule has 0 aliphatic rings. The maximum absolute atomic E-state index is 13.2. The summed E-state index contributed by atoms with van der Waals surface area (Å²) in [6, 6.07) is -3.92. The number of carbonyl (C=O) groups is 4. The van der Waals surface area contributed by atoms with Crippen LogP contribution >= 0.6 is 0 Å². The Kier molecular flexibility index (Phi) is 15.1. The minimum Gasteiger partial charge on any atom is -0.480 e. The minimum absolute atomic E-state index is 0.00392. The number of aliphatic carboxylic acids is 1. The molecule has 13 heteroatoms. The zero-order valence-electron chi connectivity index (χ0n) is 21.9.